The number of nitro groups is 1. The van der Waals surface area contributed by atoms with E-state index < -0.39 is 10.8 Å². The molecule has 0 aromatic heterocycles. The van der Waals surface area contributed by atoms with Gasteiger partial charge in [0.2, 0.25) is 0 Å². The van der Waals surface area contributed by atoms with E-state index in [4.69, 9.17) is 11.6 Å². The van der Waals surface area contributed by atoms with E-state index in [1.54, 1.807) is 6.20 Å². The summed E-state index contributed by atoms with van der Waals surface area (Å²) in [4.78, 5) is 22.0. The van der Waals surface area contributed by atoms with E-state index in [9.17, 15) is 14.9 Å². The molecule has 0 spiro atoms. The third-order valence-corrected chi connectivity index (χ3v) is 3.36. The minimum Gasteiger partial charge on any atom is -0.306 e. The van der Waals surface area contributed by atoms with Gasteiger partial charge in [0.1, 0.15) is 0 Å². The van der Waals surface area contributed by atoms with Crippen LogP contribution >= 0.6 is 11.6 Å². The van der Waals surface area contributed by atoms with Crippen molar-refractivity contribution < 1.29 is 9.72 Å². The molecule has 0 atom stereocenters. The number of allylic oxidation sites excluding steroid dienone is 3. The van der Waals surface area contributed by atoms with Crippen molar-refractivity contribution in [3.63, 3.8) is 0 Å². The van der Waals surface area contributed by atoms with Gasteiger partial charge in [0.05, 0.1) is 15.5 Å². The highest BCUT2D eigenvalue weighted by Crippen LogP contribution is 2.22. The van der Waals surface area contributed by atoms with Gasteiger partial charge < -0.3 is 5.43 Å². The van der Waals surface area contributed by atoms with Gasteiger partial charge in [0, 0.05) is 18.3 Å². The smallest absolute Gasteiger partial charge is 0.271 e. The molecule has 1 amide bonds. The van der Waals surface area contributed by atoms with Gasteiger partial charge in [-0.15, -0.1) is 0 Å². The molecule has 21 heavy (non-hydrogen) atoms. The van der Waals surface area contributed by atoms with Gasteiger partial charge in [0.25, 0.3) is 11.6 Å². The number of hydrogen-bond donors (Lipinski definition) is 2. The van der Waals surface area contributed by atoms with Crippen molar-refractivity contribution >= 4 is 23.2 Å². The Morgan fingerprint density at radius 1 is 1.38 bits per heavy atom. The largest absolute Gasteiger partial charge is 0.306 e. The molecule has 2 N–H and O–H groups in total. The molecule has 0 unspecified atom stereocenters. The van der Waals surface area contributed by atoms with Crippen LogP contribution in [0.25, 0.3) is 0 Å². The number of carbonyl (C=O) groups excluding carboxylic acids is 1. The van der Waals surface area contributed by atoms with Crippen molar-refractivity contribution in [2.24, 2.45) is 0 Å². The molecular formula is C14H14ClN3O3. The molecule has 1 aromatic carbocycles. The van der Waals surface area contributed by atoms with Crippen molar-refractivity contribution in [3.8, 4) is 0 Å². The molecule has 1 aliphatic carbocycles. The number of nitro benzene ring substituents is 1. The number of rotatable bonds is 4. The number of nitrogens with one attached hydrogen (secondary N) is 2. The Labute approximate surface area is 126 Å². The van der Waals surface area contributed by atoms with Crippen LogP contribution < -0.4 is 10.9 Å². The Morgan fingerprint density at radius 3 is 2.81 bits per heavy atom. The summed E-state index contributed by atoms with van der Waals surface area (Å²) in [6.45, 7) is 0. The van der Waals surface area contributed by atoms with E-state index in [2.05, 4.69) is 23.0 Å². The third kappa shape index (κ3) is 4.06. The summed E-state index contributed by atoms with van der Waals surface area (Å²) < 4.78 is 0. The number of hydrazine groups is 1. The van der Waals surface area contributed by atoms with Gasteiger partial charge >= 0.3 is 0 Å². The lowest BCUT2D eigenvalue weighted by Gasteiger charge is -2.10. The first-order valence-corrected chi connectivity index (χ1v) is 6.78. The number of amides is 1. The van der Waals surface area contributed by atoms with Crippen molar-refractivity contribution in [1.82, 2.24) is 10.9 Å². The minimum atomic E-state index is -0.563. The Bertz CT molecular complexity index is 626. The highest BCUT2D eigenvalue weighted by Gasteiger charge is 2.14. The summed E-state index contributed by atoms with van der Waals surface area (Å²) in [5.41, 5.74) is 6.43. The molecule has 110 valence electrons. The van der Waals surface area contributed by atoms with E-state index in [0.717, 1.165) is 25.3 Å². The van der Waals surface area contributed by atoms with Crippen LogP contribution in [0.15, 0.2) is 42.1 Å². The SMILES string of the molecule is O=C(NNC=C1CC=CCC1)c1ccc([N+](=O)[O-])cc1Cl. The van der Waals surface area contributed by atoms with Crippen molar-refractivity contribution in [2.75, 3.05) is 0 Å². The van der Waals surface area contributed by atoms with Crippen LogP contribution in [0.1, 0.15) is 29.6 Å². The van der Waals surface area contributed by atoms with Crippen LogP contribution in [-0.2, 0) is 0 Å². The molecule has 0 fully saturated rings. The van der Waals surface area contributed by atoms with E-state index >= 15 is 0 Å². The minimum absolute atomic E-state index is 0.0387. The van der Waals surface area contributed by atoms with Crippen molar-refractivity contribution in [2.45, 2.75) is 19.3 Å². The molecule has 0 saturated carbocycles. The number of benzene rings is 1. The topological polar surface area (TPSA) is 84.3 Å². The van der Waals surface area contributed by atoms with Crippen LogP contribution in [0.3, 0.4) is 0 Å². The maximum Gasteiger partial charge on any atom is 0.271 e. The van der Waals surface area contributed by atoms with Gasteiger partial charge in [-0.3, -0.25) is 20.3 Å². The van der Waals surface area contributed by atoms with Crippen LogP contribution in [0.2, 0.25) is 5.02 Å². The number of non-ortho nitro benzene ring substituents is 1. The fourth-order valence-corrected chi connectivity index (χ4v) is 2.19. The molecule has 0 saturated heterocycles. The predicted octanol–water partition coefficient (Wildman–Crippen LogP) is 3.11. The normalized spacial score (nSPS) is 15.8. The van der Waals surface area contributed by atoms with Crippen molar-refractivity contribution in [3.05, 3.63) is 62.8 Å². The summed E-state index contributed by atoms with van der Waals surface area (Å²) in [5.74, 6) is -0.446. The summed E-state index contributed by atoms with van der Waals surface area (Å²) in [7, 11) is 0. The number of carbonyl (C=O) groups is 1. The fraction of sp³-hybridized carbons (Fsp3) is 0.214. The van der Waals surface area contributed by atoms with Gasteiger partial charge in [-0.25, -0.2) is 0 Å². The van der Waals surface area contributed by atoms with E-state index in [1.807, 2.05) is 0 Å². The Balaban J connectivity index is 1.97. The Hall–Kier alpha value is -2.34. The number of halogens is 1. The van der Waals surface area contributed by atoms with Crippen LogP contribution in [-0.4, -0.2) is 10.8 Å². The first kappa shape index (κ1) is 15.1. The highest BCUT2D eigenvalue weighted by molar-refractivity contribution is 6.34. The molecule has 1 aliphatic rings. The summed E-state index contributed by atoms with van der Waals surface area (Å²) >= 11 is 5.88. The zero-order valence-electron chi connectivity index (χ0n) is 11.1. The molecule has 0 radical (unpaired) electrons. The third-order valence-electron chi connectivity index (χ3n) is 3.05. The van der Waals surface area contributed by atoms with Gasteiger partial charge in [-0.1, -0.05) is 23.8 Å². The van der Waals surface area contributed by atoms with Gasteiger partial charge in [-0.2, -0.15) is 0 Å². The molecule has 0 aliphatic heterocycles. The average molecular weight is 308 g/mol. The van der Waals surface area contributed by atoms with Crippen LogP contribution in [0.5, 0.6) is 0 Å². The van der Waals surface area contributed by atoms with Crippen LogP contribution in [0.4, 0.5) is 5.69 Å². The van der Waals surface area contributed by atoms with E-state index in [0.29, 0.717) is 0 Å². The predicted molar refractivity (Wildman–Crippen MR) is 79.8 cm³/mol. The second kappa shape index (κ2) is 6.90. The first-order chi connectivity index (χ1) is 10.1. The second-order valence-electron chi connectivity index (χ2n) is 4.54. The zero-order valence-corrected chi connectivity index (χ0v) is 11.9. The summed E-state index contributed by atoms with van der Waals surface area (Å²) in [6.07, 6.45) is 8.76. The quantitative estimate of drug-likeness (QED) is 0.508. The molecule has 0 bridgehead atoms. The molecule has 2 rings (SSSR count). The van der Waals surface area contributed by atoms with E-state index in [1.165, 1.54) is 17.7 Å². The lowest BCUT2D eigenvalue weighted by atomic mass is 10.0. The van der Waals surface area contributed by atoms with Crippen LogP contribution in [0, 0.1) is 10.1 Å². The number of nitrogens with zero attached hydrogens (tertiary/aromatic N) is 1. The Morgan fingerprint density at radius 2 is 2.19 bits per heavy atom. The monoisotopic (exact) mass is 307 g/mol. The van der Waals surface area contributed by atoms with Crippen molar-refractivity contribution in [1.29, 1.82) is 0 Å². The van der Waals surface area contributed by atoms with Gasteiger partial charge in [0.15, 0.2) is 0 Å². The lowest BCUT2D eigenvalue weighted by Crippen LogP contribution is -2.34. The molecule has 0 heterocycles. The first-order valence-electron chi connectivity index (χ1n) is 6.40. The molecule has 1 aromatic rings. The highest BCUT2D eigenvalue weighted by atomic mass is 35.5. The maximum absolute atomic E-state index is 11.9. The van der Waals surface area contributed by atoms with Gasteiger partial charge in [-0.05, 0) is 30.9 Å². The fourth-order valence-electron chi connectivity index (χ4n) is 1.93. The zero-order chi connectivity index (χ0) is 15.2. The maximum atomic E-state index is 11.9. The standard InChI is InChI=1S/C14H14ClN3O3/c15-13-8-11(18(20)21)6-7-12(13)14(19)17-16-9-10-4-2-1-3-5-10/h1-2,6-9,16H,3-5H2,(H,17,19). The summed E-state index contributed by atoms with van der Waals surface area (Å²) in [6, 6.07) is 3.72. The number of hydrogen-bond acceptors (Lipinski definition) is 4. The molecule has 7 heteroatoms. The Kier molecular flexibility index (Phi) is 4.94. The summed E-state index contributed by atoms with van der Waals surface area (Å²) in [5, 5.41) is 10.6. The second-order valence-corrected chi connectivity index (χ2v) is 4.94. The van der Waals surface area contributed by atoms with E-state index in [-0.39, 0.29) is 16.3 Å². The lowest BCUT2D eigenvalue weighted by molar-refractivity contribution is -0.384. The molecule has 6 nitrogen and oxygen atoms in total. The molecular weight excluding hydrogens is 294 g/mol. The average Bonchev–Trinajstić information content (AvgIpc) is 2.48.